The van der Waals surface area contributed by atoms with Gasteiger partial charge in [0.25, 0.3) is 0 Å². The van der Waals surface area contributed by atoms with Gasteiger partial charge in [0.15, 0.2) is 17.5 Å². The Morgan fingerprint density at radius 2 is 0.931 bits per heavy atom. The predicted molar refractivity (Wildman–Crippen MR) is 244 cm³/mol. The molecule has 0 bridgehead atoms. The van der Waals surface area contributed by atoms with E-state index >= 15 is 0 Å². The van der Waals surface area contributed by atoms with Crippen LogP contribution in [0.15, 0.2) is 194 Å². The first kappa shape index (κ1) is 32.7. The average Bonchev–Trinajstić information content (AvgIpc) is 3.83. The lowest BCUT2D eigenvalue weighted by Gasteiger charge is -2.15. The Bertz CT molecular complexity index is 3560. The molecule has 3 aromatic heterocycles. The molecule has 4 nitrogen and oxygen atoms in total. The van der Waals surface area contributed by atoms with Crippen LogP contribution in [0.25, 0.3) is 115 Å². The molecule has 0 saturated heterocycles. The Balaban J connectivity index is 1.07. The zero-order valence-electron chi connectivity index (χ0n) is 31.2. The fourth-order valence-corrected chi connectivity index (χ4v) is 9.75. The molecule has 0 N–H and O–H groups in total. The first-order chi connectivity index (χ1) is 28.7. The number of thiophene rings is 1. The molecular weight excluding hydrogens is 725 g/mol. The Morgan fingerprint density at radius 3 is 1.79 bits per heavy atom. The van der Waals surface area contributed by atoms with Gasteiger partial charge in [-0.3, -0.25) is 0 Å². The van der Waals surface area contributed by atoms with Crippen LogP contribution in [0.3, 0.4) is 0 Å². The first-order valence-corrected chi connectivity index (χ1v) is 20.3. The summed E-state index contributed by atoms with van der Waals surface area (Å²) in [6.45, 7) is 0. The molecule has 0 aliphatic rings. The molecule has 0 aliphatic heterocycles. The van der Waals surface area contributed by atoms with E-state index in [-0.39, 0.29) is 0 Å². The van der Waals surface area contributed by atoms with Gasteiger partial charge in [0.2, 0.25) is 0 Å². The third-order valence-corrected chi connectivity index (χ3v) is 12.6. The summed E-state index contributed by atoms with van der Waals surface area (Å²) in [5, 5.41) is 9.58. The van der Waals surface area contributed by atoms with Crippen molar-refractivity contribution in [2.45, 2.75) is 0 Å². The largest absolute Gasteiger partial charge is 0.309 e. The maximum absolute atomic E-state index is 5.29. The normalized spacial score (nSPS) is 11.8. The summed E-state index contributed by atoms with van der Waals surface area (Å²) in [4.78, 5) is 15.7. The molecule has 270 valence electrons. The van der Waals surface area contributed by atoms with E-state index in [4.69, 9.17) is 15.0 Å². The van der Waals surface area contributed by atoms with Crippen LogP contribution in [0.4, 0.5) is 0 Å². The number of para-hydroxylation sites is 1. The molecule has 12 rings (SSSR count). The standard InChI is InChI=1S/C53H32N4S/c1-2-12-33(13-3-1)34-24-26-35(27-25-34)51-54-52(38-28-29-50-45(31-38)42-17-7-9-23-49(42)58-50)56-53(55-51)43-20-10-19-40-39(43)18-11-22-47(40)57-46-21-8-6-16-41(46)44-30-36-14-4-5-15-37(36)32-48(44)57/h1-32H. The van der Waals surface area contributed by atoms with Gasteiger partial charge in [-0.15, -0.1) is 11.3 Å². The molecule has 9 aromatic carbocycles. The molecule has 0 spiro atoms. The Kier molecular flexibility index (Phi) is 7.37. The monoisotopic (exact) mass is 756 g/mol. The fraction of sp³-hybridized carbons (Fsp3) is 0. The minimum atomic E-state index is 0.636. The highest BCUT2D eigenvalue weighted by atomic mass is 32.1. The molecule has 0 saturated carbocycles. The van der Waals surface area contributed by atoms with Crippen LogP contribution in [-0.2, 0) is 0 Å². The van der Waals surface area contributed by atoms with E-state index in [1.807, 2.05) is 17.4 Å². The summed E-state index contributed by atoms with van der Waals surface area (Å²) in [6, 6.07) is 69.2. The number of nitrogens with zero attached hydrogens (tertiary/aromatic N) is 4. The van der Waals surface area contributed by atoms with Crippen LogP contribution in [-0.4, -0.2) is 19.5 Å². The van der Waals surface area contributed by atoms with Gasteiger partial charge in [0.05, 0.1) is 16.7 Å². The molecular formula is C53H32N4S. The van der Waals surface area contributed by atoms with E-state index in [1.54, 1.807) is 0 Å². The number of aromatic nitrogens is 4. The maximum atomic E-state index is 5.29. The van der Waals surface area contributed by atoms with E-state index in [2.05, 4.69) is 193 Å². The van der Waals surface area contributed by atoms with Gasteiger partial charge in [-0.1, -0.05) is 146 Å². The van der Waals surface area contributed by atoms with Crippen molar-refractivity contribution in [3.05, 3.63) is 194 Å². The van der Waals surface area contributed by atoms with Crippen molar-refractivity contribution in [1.82, 2.24) is 19.5 Å². The summed E-state index contributed by atoms with van der Waals surface area (Å²) in [6.07, 6.45) is 0. The molecule has 0 fully saturated rings. The quantitative estimate of drug-likeness (QED) is 0.176. The van der Waals surface area contributed by atoms with Gasteiger partial charge in [-0.2, -0.15) is 0 Å². The van der Waals surface area contributed by atoms with Crippen molar-refractivity contribution in [2.75, 3.05) is 0 Å². The van der Waals surface area contributed by atoms with Crippen molar-refractivity contribution in [3.8, 4) is 51.0 Å². The van der Waals surface area contributed by atoms with Crippen molar-refractivity contribution in [2.24, 2.45) is 0 Å². The van der Waals surface area contributed by atoms with Gasteiger partial charge in [-0.25, -0.2) is 15.0 Å². The van der Waals surface area contributed by atoms with Crippen LogP contribution in [0.5, 0.6) is 0 Å². The number of hydrogen-bond acceptors (Lipinski definition) is 4. The summed E-state index contributed by atoms with van der Waals surface area (Å²) in [5.74, 6) is 1.92. The topological polar surface area (TPSA) is 43.6 Å². The number of fused-ring (bicyclic) bond motifs is 8. The van der Waals surface area contributed by atoms with Gasteiger partial charge in [0.1, 0.15) is 0 Å². The van der Waals surface area contributed by atoms with E-state index in [9.17, 15) is 0 Å². The molecule has 12 aromatic rings. The molecule has 5 heteroatoms. The first-order valence-electron chi connectivity index (χ1n) is 19.5. The summed E-state index contributed by atoms with van der Waals surface area (Å²) in [7, 11) is 0. The third-order valence-electron chi connectivity index (χ3n) is 11.4. The molecule has 58 heavy (non-hydrogen) atoms. The Morgan fingerprint density at radius 1 is 0.328 bits per heavy atom. The number of hydrogen-bond donors (Lipinski definition) is 0. The smallest absolute Gasteiger partial charge is 0.164 e. The Labute approximate surface area is 338 Å². The lowest BCUT2D eigenvalue weighted by Crippen LogP contribution is -2.01. The molecule has 0 aliphatic carbocycles. The summed E-state index contributed by atoms with van der Waals surface area (Å²) in [5.41, 5.74) is 8.63. The highest BCUT2D eigenvalue weighted by molar-refractivity contribution is 7.25. The van der Waals surface area contributed by atoms with Crippen LogP contribution in [0, 0.1) is 0 Å². The highest BCUT2D eigenvalue weighted by Gasteiger charge is 2.19. The van der Waals surface area contributed by atoms with Crippen LogP contribution >= 0.6 is 11.3 Å². The predicted octanol–water partition coefficient (Wildman–Crippen LogP) is 14.3. The second kappa shape index (κ2) is 13.1. The van der Waals surface area contributed by atoms with Crippen LogP contribution < -0.4 is 0 Å². The van der Waals surface area contributed by atoms with E-state index in [1.165, 1.54) is 58.3 Å². The van der Waals surface area contributed by atoms with Gasteiger partial charge < -0.3 is 4.57 Å². The molecule has 0 radical (unpaired) electrons. The Hall–Kier alpha value is -7.47. The lowest BCUT2D eigenvalue weighted by molar-refractivity contribution is 1.08. The minimum absolute atomic E-state index is 0.636. The second-order valence-corrected chi connectivity index (χ2v) is 15.9. The zero-order chi connectivity index (χ0) is 38.2. The summed E-state index contributed by atoms with van der Waals surface area (Å²) < 4.78 is 4.94. The van der Waals surface area contributed by atoms with Crippen LogP contribution in [0.1, 0.15) is 0 Å². The highest BCUT2D eigenvalue weighted by Crippen LogP contribution is 2.40. The van der Waals surface area contributed by atoms with E-state index in [0.717, 1.165) is 38.7 Å². The van der Waals surface area contributed by atoms with Crippen LogP contribution in [0.2, 0.25) is 0 Å². The SMILES string of the molecule is c1ccc(-c2ccc(-c3nc(-c4ccc5sc6ccccc6c5c4)nc(-c4cccc5c(-n6c7ccccc7c7cc8ccccc8cc76)cccc45)n3)cc2)cc1. The fourth-order valence-electron chi connectivity index (χ4n) is 8.66. The molecule has 3 heterocycles. The second-order valence-electron chi connectivity index (χ2n) is 14.8. The van der Waals surface area contributed by atoms with Gasteiger partial charge in [0, 0.05) is 53.0 Å². The molecule has 0 unspecified atom stereocenters. The maximum Gasteiger partial charge on any atom is 0.164 e. The van der Waals surface area contributed by atoms with Crippen molar-refractivity contribution >= 4 is 74.9 Å². The molecule has 0 amide bonds. The summed E-state index contributed by atoms with van der Waals surface area (Å²) >= 11 is 1.81. The van der Waals surface area contributed by atoms with Crippen molar-refractivity contribution in [3.63, 3.8) is 0 Å². The van der Waals surface area contributed by atoms with Crippen molar-refractivity contribution in [1.29, 1.82) is 0 Å². The average molecular weight is 757 g/mol. The number of benzene rings is 9. The van der Waals surface area contributed by atoms with Gasteiger partial charge >= 0.3 is 0 Å². The molecule has 0 atom stereocenters. The lowest BCUT2D eigenvalue weighted by atomic mass is 10.0. The van der Waals surface area contributed by atoms with E-state index in [0.29, 0.717) is 17.5 Å². The van der Waals surface area contributed by atoms with E-state index < -0.39 is 0 Å². The van der Waals surface area contributed by atoms with Gasteiger partial charge in [-0.05, 0) is 75.8 Å². The minimum Gasteiger partial charge on any atom is -0.309 e. The zero-order valence-corrected chi connectivity index (χ0v) is 32.0. The van der Waals surface area contributed by atoms with Crippen molar-refractivity contribution < 1.29 is 0 Å². The third kappa shape index (κ3) is 5.25. The number of rotatable bonds is 5.